The molecule has 3 rings (SSSR count). The summed E-state index contributed by atoms with van der Waals surface area (Å²) in [4.78, 5) is 31.9. The summed E-state index contributed by atoms with van der Waals surface area (Å²) in [7, 11) is 0. The first-order valence-electron chi connectivity index (χ1n) is 7.58. The number of carbonyl (C=O) groups is 1. The monoisotopic (exact) mass is 333 g/mol. The van der Waals surface area contributed by atoms with Crippen molar-refractivity contribution >= 4 is 17.2 Å². The minimum atomic E-state index is -0.278. The first kappa shape index (κ1) is 15.9. The van der Waals surface area contributed by atoms with Crippen LogP contribution in [0.5, 0.6) is 0 Å². The number of aliphatic hydroxyl groups excluding tert-OH is 1. The molecule has 0 aliphatic heterocycles. The average Bonchev–Trinajstić information content (AvgIpc) is 2.99. The predicted octanol–water partition coefficient (Wildman–Crippen LogP) is 1.31. The van der Waals surface area contributed by atoms with E-state index in [4.69, 9.17) is 0 Å². The first-order valence-corrected chi connectivity index (χ1v) is 8.46. The topological polar surface area (TPSA) is 95.1 Å². The van der Waals surface area contributed by atoms with Crippen LogP contribution in [-0.2, 0) is 11.2 Å². The number of rotatable bonds is 5. The Balaban J connectivity index is 1.70. The molecule has 1 saturated carbocycles. The summed E-state index contributed by atoms with van der Waals surface area (Å²) in [6.07, 6.45) is 2.55. The van der Waals surface area contributed by atoms with Gasteiger partial charge in [0.05, 0.1) is 18.6 Å². The van der Waals surface area contributed by atoms with E-state index in [2.05, 4.69) is 15.3 Å². The Morgan fingerprint density at radius 3 is 2.96 bits per heavy atom. The molecule has 1 aliphatic rings. The number of H-pyrrole nitrogens is 1. The third-order valence-electron chi connectivity index (χ3n) is 4.14. The number of hydrogen-bond donors (Lipinski definition) is 3. The molecule has 0 aromatic carbocycles. The normalized spacial score (nSPS) is 21.5. The summed E-state index contributed by atoms with van der Waals surface area (Å²) < 4.78 is 0. The van der Waals surface area contributed by atoms with Crippen molar-refractivity contribution in [2.24, 2.45) is 5.92 Å². The van der Waals surface area contributed by atoms with E-state index in [-0.39, 0.29) is 36.0 Å². The molecule has 2 aromatic heterocycles. The van der Waals surface area contributed by atoms with Gasteiger partial charge in [0.2, 0.25) is 5.91 Å². The summed E-state index contributed by atoms with van der Waals surface area (Å²) in [6.45, 7) is 1.69. The molecule has 0 spiro atoms. The molecular weight excluding hydrogens is 314 g/mol. The molecule has 7 heteroatoms. The van der Waals surface area contributed by atoms with Crippen LogP contribution < -0.4 is 10.9 Å². The predicted molar refractivity (Wildman–Crippen MR) is 87.2 cm³/mol. The lowest BCUT2D eigenvalue weighted by Gasteiger charge is -2.37. The highest BCUT2D eigenvalue weighted by atomic mass is 32.1. The molecule has 23 heavy (non-hydrogen) atoms. The molecule has 1 atom stereocenters. The maximum absolute atomic E-state index is 12.3. The van der Waals surface area contributed by atoms with Crippen molar-refractivity contribution in [3.05, 3.63) is 50.3 Å². The van der Waals surface area contributed by atoms with E-state index >= 15 is 0 Å². The summed E-state index contributed by atoms with van der Waals surface area (Å²) in [5, 5.41) is 14.5. The molecule has 122 valence electrons. The van der Waals surface area contributed by atoms with Crippen molar-refractivity contribution in [2.45, 2.75) is 38.3 Å². The quantitative estimate of drug-likeness (QED) is 0.769. The minimum absolute atomic E-state index is 0.000236. The Morgan fingerprint density at radius 1 is 1.57 bits per heavy atom. The fraction of sp³-hybridized carbons (Fsp3) is 0.438. The molecular formula is C16H19N3O3S. The van der Waals surface area contributed by atoms with Crippen LogP contribution >= 0.6 is 11.3 Å². The second-order valence-corrected chi connectivity index (χ2v) is 6.92. The van der Waals surface area contributed by atoms with Gasteiger partial charge in [-0.25, -0.2) is 4.98 Å². The Hall–Kier alpha value is -1.99. The number of amides is 1. The second kappa shape index (κ2) is 6.64. The number of thiophene rings is 1. The van der Waals surface area contributed by atoms with Gasteiger partial charge >= 0.3 is 0 Å². The van der Waals surface area contributed by atoms with Gasteiger partial charge in [-0.1, -0.05) is 6.07 Å². The molecule has 0 saturated heterocycles. The SMILES string of the molecule is Cc1ncc(CC(=O)N[C@@H](c2cccs2)C2CC(O)C2)c(=O)[nH]1. The lowest BCUT2D eigenvalue weighted by molar-refractivity contribution is -0.122. The fourth-order valence-corrected chi connectivity index (χ4v) is 3.69. The third-order valence-corrected chi connectivity index (χ3v) is 5.09. The summed E-state index contributed by atoms with van der Waals surface area (Å²) >= 11 is 1.59. The smallest absolute Gasteiger partial charge is 0.254 e. The third kappa shape index (κ3) is 3.68. The highest BCUT2D eigenvalue weighted by Gasteiger charge is 2.36. The van der Waals surface area contributed by atoms with Crippen LogP contribution in [0, 0.1) is 12.8 Å². The maximum Gasteiger partial charge on any atom is 0.254 e. The Kier molecular flexibility index (Phi) is 4.58. The Bertz CT molecular complexity index is 735. The Labute approximate surface area is 137 Å². The van der Waals surface area contributed by atoms with E-state index in [1.807, 2.05) is 17.5 Å². The van der Waals surface area contributed by atoms with Crippen molar-refractivity contribution in [2.75, 3.05) is 0 Å². The highest BCUT2D eigenvalue weighted by Crippen LogP contribution is 2.39. The van der Waals surface area contributed by atoms with Crippen molar-refractivity contribution in [1.82, 2.24) is 15.3 Å². The van der Waals surface area contributed by atoms with Crippen molar-refractivity contribution in [3.63, 3.8) is 0 Å². The lowest BCUT2D eigenvalue weighted by atomic mass is 9.76. The summed E-state index contributed by atoms with van der Waals surface area (Å²) in [5.74, 6) is 0.557. The van der Waals surface area contributed by atoms with Crippen LogP contribution in [-0.4, -0.2) is 27.1 Å². The van der Waals surface area contributed by atoms with Crippen molar-refractivity contribution < 1.29 is 9.90 Å². The standard InChI is InChI=1S/C16H19N3O3S/c1-9-17-8-11(16(22)18-9)7-14(21)19-15(10-5-12(20)6-10)13-3-2-4-23-13/h2-4,8,10,12,15,20H,5-7H2,1H3,(H,19,21)(H,17,18,22)/t10?,12?,15-/m1/s1. The number of aryl methyl sites for hydroxylation is 1. The van der Waals surface area contributed by atoms with Crippen LogP contribution in [0.25, 0.3) is 0 Å². The van der Waals surface area contributed by atoms with Crippen LogP contribution in [0.4, 0.5) is 0 Å². The highest BCUT2D eigenvalue weighted by molar-refractivity contribution is 7.10. The molecule has 1 amide bonds. The van der Waals surface area contributed by atoms with E-state index < -0.39 is 0 Å². The Morgan fingerprint density at radius 2 is 2.35 bits per heavy atom. The number of aliphatic hydroxyl groups is 1. The van der Waals surface area contributed by atoms with Crippen molar-refractivity contribution in [1.29, 1.82) is 0 Å². The number of nitrogens with one attached hydrogen (secondary N) is 2. The molecule has 1 fully saturated rings. The van der Waals surface area contributed by atoms with Gasteiger partial charge in [0.25, 0.3) is 5.56 Å². The van der Waals surface area contributed by atoms with Crippen LogP contribution in [0.1, 0.15) is 35.1 Å². The lowest BCUT2D eigenvalue weighted by Crippen LogP contribution is -2.41. The zero-order chi connectivity index (χ0) is 16.4. The van der Waals surface area contributed by atoms with E-state index in [0.29, 0.717) is 24.2 Å². The molecule has 0 bridgehead atoms. The molecule has 2 aromatic rings. The molecule has 2 heterocycles. The molecule has 0 radical (unpaired) electrons. The summed E-state index contributed by atoms with van der Waals surface area (Å²) in [5.41, 5.74) is 0.0751. The number of aromatic amines is 1. The second-order valence-electron chi connectivity index (χ2n) is 5.95. The van der Waals surface area contributed by atoms with Crippen LogP contribution in [0.3, 0.4) is 0 Å². The van der Waals surface area contributed by atoms with Gasteiger partial charge in [-0.3, -0.25) is 9.59 Å². The zero-order valence-corrected chi connectivity index (χ0v) is 13.6. The number of nitrogens with zero attached hydrogens (tertiary/aromatic N) is 1. The summed E-state index contributed by atoms with van der Waals surface area (Å²) in [6, 6.07) is 3.83. The number of hydrogen-bond acceptors (Lipinski definition) is 5. The van der Waals surface area contributed by atoms with Gasteiger partial charge in [-0.15, -0.1) is 11.3 Å². The van der Waals surface area contributed by atoms with E-state index in [1.54, 1.807) is 18.3 Å². The fourth-order valence-electron chi connectivity index (χ4n) is 2.83. The van der Waals surface area contributed by atoms with Gasteiger partial charge in [-0.05, 0) is 37.1 Å². The average molecular weight is 333 g/mol. The number of aromatic nitrogens is 2. The molecule has 0 unspecified atom stereocenters. The van der Waals surface area contributed by atoms with E-state index in [9.17, 15) is 14.7 Å². The number of carbonyl (C=O) groups excluding carboxylic acids is 1. The first-order chi connectivity index (χ1) is 11.0. The van der Waals surface area contributed by atoms with Gasteiger partial charge < -0.3 is 15.4 Å². The van der Waals surface area contributed by atoms with Gasteiger partial charge in [0, 0.05) is 16.6 Å². The van der Waals surface area contributed by atoms with Crippen molar-refractivity contribution in [3.8, 4) is 0 Å². The van der Waals surface area contributed by atoms with Gasteiger partial charge in [0.1, 0.15) is 5.82 Å². The van der Waals surface area contributed by atoms with Crippen LogP contribution in [0.15, 0.2) is 28.5 Å². The van der Waals surface area contributed by atoms with E-state index in [1.165, 1.54) is 6.20 Å². The largest absolute Gasteiger partial charge is 0.393 e. The van der Waals surface area contributed by atoms with Gasteiger partial charge in [0.15, 0.2) is 0 Å². The van der Waals surface area contributed by atoms with Crippen LogP contribution in [0.2, 0.25) is 0 Å². The zero-order valence-electron chi connectivity index (χ0n) is 12.8. The molecule has 6 nitrogen and oxygen atoms in total. The maximum atomic E-state index is 12.3. The molecule has 3 N–H and O–H groups in total. The van der Waals surface area contributed by atoms with Gasteiger partial charge in [-0.2, -0.15) is 0 Å². The van der Waals surface area contributed by atoms with E-state index in [0.717, 1.165) is 4.88 Å². The minimum Gasteiger partial charge on any atom is -0.393 e. The molecule has 1 aliphatic carbocycles.